The molecule has 19 heavy (non-hydrogen) atoms. The van der Waals surface area contributed by atoms with Crippen molar-refractivity contribution in [1.29, 1.82) is 0 Å². The average molecular weight is 259 g/mol. The summed E-state index contributed by atoms with van der Waals surface area (Å²) in [6, 6.07) is 3.97. The van der Waals surface area contributed by atoms with Crippen molar-refractivity contribution in [2.75, 3.05) is 14.2 Å². The Morgan fingerprint density at radius 3 is 2.63 bits per heavy atom. The average Bonchev–Trinajstić information content (AvgIpc) is 2.45. The lowest BCUT2D eigenvalue weighted by Gasteiger charge is -2.28. The van der Waals surface area contributed by atoms with Gasteiger partial charge in [-0.05, 0) is 36.5 Å². The first-order chi connectivity index (χ1) is 9.22. The zero-order valence-electron chi connectivity index (χ0n) is 11.2. The number of amides is 1. The van der Waals surface area contributed by atoms with E-state index in [1.54, 1.807) is 14.2 Å². The molecule has 0 bridgehead atoms. The van der Waals surface area contributed by atoms with Gasteiger partial charge in [-0.25, -0.2) is 0 Å². The Morgan fingerprint density at radius 1 is 1.05 bits per heavy atom. The summed E-state index contributed by atoms with van der Waals surface area (Å²) in [6.45, 7) is 0. The fraction of sp³-hybridized carbons (Fsp3) is 0.400. The predicted molar refractivity (Wildman–Crippen MR) is 72.2 cm³/mol. The van der Waals surface area contributed by atoms with Crippen molar-refractivity contribution in [2.45, 2.75) is 25.7 Å². The van der Waals surface area contributed by atoms with Crippen molar-refractivity contribution in [1.82, 2.24) is 5.32 Å². The third-order valence-electron chi connectivity index (χ3n) is 3.84. The molecule has 0 saturated carbocycles. The number of ether oxygens (including phenoxy) is 2. The van der Waals surface area contributed by atoms with Gasteiger partial charge in [0.25, 0.3) is 0 Å². The van der Waals surface area contributed by atoms with Crippen LogP contribution in [0.15, 0.2) is 17.8 Å². The van der Waals surface area contributed by atoms with Crippen molar-refractivity contribution in [3.05, 3.63) is 29.0 Å². The van der Waals surface area contributed by atoms with Gasteiger partial charge in [0.05, 0.1) is 14.2 Å². The molecule has 1 aliphatic heterocycles. The molecule has 0 spiro atoms. The Kier molecular flexibility index (Phi) is 2.93. The normalized spacial score (nSPS) is 17.5. The van der Waals surface area contributed by atoms with Crippen molar-refractivity contribution in [2.24, 2.45) is 0 Å². The van der Waals surface area contributed by atoms with Crippen molar-refractivity contribution >= 4 is 11.5 Å². The largest absolute Gasteiger partial charge is 0.497 e. The van der Waals surface area contributed by atoms with Crippen LogP contribution in [-0.4, -0.2) is 20.1 Å². The molecule has 0 saturated heterocycles. The summed E-state index contributed by atoms with van der Waals surface area (Å²) in [5.74, 6) is 1.79. The summed E-state index contributed by atoms with van der Waals surface area (Å²) in [4.78, 5) is 11.5. The maximum absolute atomic E-state index is 11.5. The molecule has 0 radical (unpaired) electrons. The van der Waals surface area contributed by atoms with Crippen LogP contribution in [0.5, 0.6) is 11.5 Å². The molecule has 1 heterocycles. The summed E-state index contributed by atoms with van der Waals surface area (Å²) < 4.78 is 10.8. The maximum atomic E-state index is 11.5. The number of allylic oxidation sites excluding steroid dienone is 2. The van der Waals surface area contributed by atoms with Crippen LogP contribution >= 0.6 is 0 Å². The van der Waals surface area contributed by atoms with Crippen LogP contribution in [0.25, 0.3) is 5.57 Å². The van der Waals surface area contributed by atoms with Gasteiger partial charge in [-0.2, -0.15) is 0 Å². The molecule has 0 fully saturated rings. The van der Waals surface area contributed by atoms with Crippen molar-refractivity contribution in [3.63, 3.8) is 0 Å². The van der Waals surface area contributed by atoms with E-state index in [9.17, 15) is 4.79 Å². The highest BCUT2D eigenvalue weighted by Crippen LogP contribution is 2.41. The first kappa shape index (κ1) is 12.1. The summed E-state index contributed by atoms with van der Waals surface area (Å²) in [7, 11) is 3.34. The lowest BCUT2D eigenvalue weighted by Crippen LogP contribution is -2.29. The van der Waals surface area contributed by atoms with Crippen molar-refractivity contribution < 1.29 is 14.3 Å². The van der Waals surface area contributed by atoms with E-state index in [4.69, 9.17) is 9.47 Å². The third kappa shape index (κ3) is 1.97. The van der Waals surface area contributed by atoms with E-state index in [-0.39, 0.29) is 5.91 Å². The number of nitrogens with one attached hydrogen (secondary N) is 1. The summed E-state index contributed by atoms with van der Waals surface area (Å²) in [6.07, 6.45) is 3.11. The Morgan fingerprint density at radius 2 is 1.89 bits per heavy atom. The third-order valence-corrected chi connectivity index (χ3v) is 3.84. The summed E-state index contributed by atoms with van der Waals surface area (Å²) in [5, 5.41) is 2.99. The van der Waals surface area contributed by atoms with Crippen LogP contribution in [0, 0.1) is 0 Å². The first-order valence-electron chi connectivity index (χ1n) is 6.50. The monoisotopic (exact) mass is 259 g/mol. The minimum Gasteiger partial charge on any atom is -0.497 e. The molecule has 1 amide bonds. The van der Waals surface area contributed by atoms with Crippen LogP contribution in [0.4, 0.5) is 0 Å². The van der Waals surface area contributed by atoms with Gasteiger partial charge >= 0.3 is 0 Å². The second kappa shape index (κ2) is 4.61. The maximum Gasteiger partial charge on any atom is 0.224 e. The molecular weight excluding hydrogens is 242 g/mol. The molecule has 1 aromatic rings. The number of carbonyl (C=O) groups is 1. The fourth-order valence-corrected chi connectivity index (χ4v) is 2.90. The van der Waals surface area contributed by atoms with Gasteiger partial charge in [0.2, 0.25) is 5.91 Å². The van der Waals surface area contributed by atoms with E-state index in [1.165, 1.54) is 11.1 Å². The van der Waals surface area contributed by atoms with Gasteiger partial charge in [-0.3, -0.25) is 4.79 Å². The summed E-state index contributed by atoms with van der Waals surface area (Å²) in [5.41, 5.74) is 4.69. The van der Waals surface area contributed by atoms with E-state index in [2.05, 4.69) is 5.32 Å². The van der Waals surface area contributed by atoms with Gasteiger partial charge in [0.1, 0.15) is 11.5 Å². The number of hydrogen-bond acceptors (Lipinski definition) is 3. The minimum atomic E-state index is 0.122. The lowest BCUT2D eigenvalue weighted by atomic mass is 9.84. The number of fused-ring (bicyclic) bond motifs is 2. The van der Waals surface area contributed by atoms with Gasteiger partial charge in [0, 0.05) is 23.7 Å². The number of methoxy groups -OCH3 is 2. The Balaban J connectivity index is 2.15. The van der Waals surface area contributed by atoms with Gasteiger partial charge < -0.3 is 14.8 Å². The topological polar surface area (TPSA) is 47.6 Å². The minimum absolute atomic E-state index is 0.122. The lowest BCUT2D eigenvalue weighted by molar-refractivity contribution is -0.120. The zero-order valence-corrected chi connectivity index (χ0v) is 11.2. The standard InChI is InChI=1S/C15H17NO3/c1-18-9-7-12-10-4-6-15(17)16-13(10)5-3-11(12)14(8-9)19-2/h7-8H,3-6H2,1-2H3,(H,16,17). The highest BCUT2D eigenvalue weighted by molar-refractivity contribution is 5.88. The molecule has 0 unspecified atom stereocenters. The van der Waals surface area contributed by atoms with E-state index < -0.39 is 0 Å². The summed E-state index contributed by atoms with van der Waals surface area (Å²) >= 11 is 0. The molecule has 1 aliphatic carbocycles. The Hall–Kier alpha value is -1.97. The Bertz CT molecular complexity index is 575. The van der Waals surface area contributed by atoms with Crippen LogP contribution in [-0.2, 0) is 11.2 Å². The van der Waals surface area contributed by atoms with Gasteiger partial charge in [-0.15, -0.1) is 0 Å². The molecule has 2 aliphatic rings. The number of rotatable bonds is 2. The van der Waals surface area contributed by atoms with Gasteiger partial charge in [0.15, 0.2) is 0 Å². The van der Waals surface area contributed by atoms with Crippen LogP contribution in [0.2, 0.25) is 0 Å². The zero-order chi connectivity index (χ0) is 13.4. The molecule has 0 atom stereocenters. The molecule has 0 aromatic heterocycles. The molecule has 1 N–H and O–H groups in total. The molecule has 100 valence electrons. The van der Waals surface area contributed by atoms with E-state index in [1.807, 2.05) is 12.1 Å². The quantitative estimate of drug-likeness (QED) is 0.886. The predicted octanol–water partition coefficient (Wildman–Crippen LogP) is 2.27. The van der Waals surface area contributed by atoms with Crippen LogP contribution < -0.4 is 14.8 Å². The fourth-order valence-electron chi connectivity index (χ4n) is 2.90. The Labute approximate surface area is 112 Å². The van der Waals surface area contributed by atoms with E-state index in [0.717, 1.165) is 42.0 Å². The SMILES string of the molecule is COc1cc(OC)c2c(c1)C1=C(CC2)NC(=O)CC1. The first-order valence-corrected chi connectivity index (χ1v) is 6.50. The van der Waals surface area contributed by atoms with Crippen molar-refractivity contribution in [3.8, 4) is 11.5 Å². The highest BCUT2D eigenvalue weighted by atomic mass is 16.5. The molecule has 4 nitrogen and oxygen atoms in total. The number of hydrogen-bond donors (Lipinski definition) is 1. The van der Waals surface area contributed by atoms with Crippen LogP contribution in [0.1, 0.15) is 30.4 Å². The van der Waals surface area contributed by atoms with Gasteiger partial charge in [-0.1, -0.05) is 0 Å². The smallest absolute Gasteiger partial charge is 0.224 e. The molecule has 4 heteroatoms. The second-order valence-electron chi connectivity index (χ2n) is 4.86. The molecule has 1 aromatic carbocycles. The molecule has 3 rings (SSSR count). The second-order valence-corrected chi connectivity index (χ2v) is 4.86. The van der Waals surface area contributed by atoms with E-state index >= 15 is 0 Å². The highest BCUT2D eigenvalue weighted by Gasteiger charge is 2.27. The van der Waals surface area contributed by atoms with E-state index in [0.29, 0.717) is 6.42 Å². The number of carbonyl (C=O) groups excluding carboxylic acids is 1. The number of benzene rings is 1. The van der Waals surface area contributed by atoms with Crippen LogP contribution in [0.3, 0.4) is 0 Å². The molecular formula is C15H17NO3.